The van der Waals surface area contributed by atoms with Crippen molar-refractivity contribution in [3.63, 3.8) is 0 Å². The van der Waals surface area contributed by atoms with Crippen LogP contribution >= 0.6 is 23.2 Å². The first kappa shape index (κ1) is 14.2. The molecule has 2 aromatic rings. The Hall–Kier alpha value is -1.23. The Labute approximate surface area is 121 Å². The summed E-state index contributed by atoms with van der Waals surface area (Å²) in [4.78, 5) is 0.0665. The van der Waals surface area contributed by atoms with Gasteiger partial charge in [0.1, 0.15) is 0 Å². The van der Waals surface area contributed by atoms with Gasteiger partial charge >= 0.3 is 0 Å². The monoisotopic (exact) mass is 315 g/mol. The second-order valence-electron chi connectivity index (χ2n) is 4.03. The highest BCUT2D eigenvalue weighted by Crippen LogP contribution is 2.27. The van der Waals surface area contributed by atoms with Crippen molar-refractivity contribution in [3.8, 4) is 0 Å². The van der Waals surface area contributed by atoms with Gasteiger partial charge in [0.25, 0.3) is 0 Å². The minimum Gasteiger partial charge on any atom is -0.398 e. The summed E-state index contributed by atoms with van der Waals surface area (Å²) in [6.45, 7) is 0. The average molecular weight is 316 g/mol. The fourth-order valence-corrected chi connectivity index (χ4v) is 3.67. The van der Waals surface area contributed by atoms with Gasteiger partial charge in [0, 0.05) is 10.0 Å². The minimum absolute atomic E-state index is 0.0665. The van der Waals surface area contributed by atoms with Crippen LogP contribution in [0.15, 0.2) is 47.4 Å². The zero-order valence-electron chi connectivity index (χ0n) is 9.81. The van der Waals surface area contributed by atoms with Crippen molar-refractivity contribution < 1.29 is 8.42 Å². The first-order valence-electron chi connectivity index (χ1n) is 5.41. The fraction of sp³-hybridized carbons (Fsp3) is 0.0769. The van der Waals surface area contributed by atoms with Crippen LogP contribution in [0, 0.1) is 0 Å². The van der Waals surface area contributed by atoms with Crippen LogP contribution in [0.3, 0.4) is 0 Å². The smallest absolute Gasteiger partial charge is 0.184 e. The molecular weight excluding hydrogens is 305 g/mol. The molecule has 0 radical (unpaired) electrons. The summed E-state index contributed by atoms with van der Waals surface area (Å²) in [6.07, 6.45) is 0. The lowest BCUT2D eigenvalue weighted by atomic mass is 10.2. The lowest BCUT2D eigenvalue weighted by molar-refractivity contribution is 0.595. The first-order chi connectivity index (χ1) is 8.90. The summed E-state index contributed by atoms with van der Waals surface area (Å²) in [7, 11) is -3.55. The maximum atomic E-state index is 12.3. The number of hydrogen-bond acceptors (Lipinski definition) is 3. The van der Waals surface area contributed by atoms with E-state index in [0.29, 0.717) is 15.6 Å². The number of anilines is 1. The highest BCUT2D eigenvalue weighted by Gasteiger charge is 2.19. The van der Waals surface area contributed by atoms with E-state index in [2.05, 4.69) is 0 Å². The third-order valence-electron chi connectivity index (χ3n) is 2.61. The molecule has 100 valence electrons. The van der Waals surface area contributed by atoms with Gasteiger partial charge in [-0.3, -0.25) is 0 Å². The van der Waals surface area contributed by atoms with E-state index in [9.17, 15) is 8.42 Å². The Morgan fingerprint density at radius 2 is 1.74 bits per heavy atom. The lowest BCUT2D eigenvalue weighted by Gasteiger charge is -2.09. The fourth-order valence-electron chi connectivity index (χ4n) is 1.70. The molecule has 0 unspecified atom stereocenters. The summed E-state index contributed by atoms with van der Waals surface area (Å²) >= 11 is 11.7. The van der Waals surface area contributed by atoms with Gasteiger partial charge in [-0.25, -0.2) is 8.42 Å². The van der Waals surface area contributed by atoms with E-state index < -0.39 is 9.84 Å². The van der Waals surface area contributed by atoms with Gasteiger partial charge in [0.05, 0.1) is 16.3 Å². The van der Waals surface area contributed by atoms with Crippen molar-refractivity contribution in [1.29, 1.82) is 0 Å². The van der Waals surface area contributed by atoms with E-state index in [1.54, 1.807) is 24.3 Å². The van der Waals surface area contributed by atoms with Crippen LogP contribution in [0.5, 0.6) is 0 Å². The van der Waals surface area contributed by atoms with E-state index >= 15 is 0 Å². The maximum absolute atomic E-state index is 12.3. The summed E-state index contributed by atoms with van der Waals surface area (Å²) in [5, 5.41) is 0.813. The van der Waals surface area contributed by atoms with Gasteiger partial charge in [-0.05, 0) is 29.8 Å². The molecule has 0 saturated heterocycles. The molecule has 0 aromatic heterocycles. The third kappa shape index (κ3) is 3.21. The number of rotatable bonds is 3. The zero-order valence-corrected chi connectivity index (χ0v) is 12.1. The Bertz CT molecular complexity index is 714. The number of sulfone groups is 1. The summed E-state index contributed by atoms with van der Waals surface area (Å²) < 4.78 is 24.6. The van der Waals surface area contributed by atoms with Crippen molar-refractivity contribution >= 4 is 38.7 Å². The van der Waals surface area contributed by atoms with Crippen molar-refractivity contribution in [2.75, 3.05) is 5.73 Å². The summed E-state index contributed by atoms with van der Waals surface area (Å²) in [5.74, 6) is -0.196. The van der Waals surface area contributed by atoms with E-state index in [-0.39, 0.29) is 16.3 Å². The molecule has 0 fully saturated rings. The zero-order chi connectivity index (χ0) is 14.0. The second-order valence-corrected chi connectivity index (χ2v) is 6.83. The quantitative estimate of drug-likeness (QED) is 0.881. The molecule has 2 aromatic carbocycles. The van der Waals surface area contributed by atoms with Crippen LogP contribution in [-0.2, 0) is 15.6 Å². The summed E-state index contributed by atoms with van der Waals surface area (Å²) in [6, 6.07) is 11.1. The number of hydrogen-bond donors (Lipinski definition) is 1. The van der Waals surface area contributed by atoms with Gasteiger partial charge in [0.2, 0.25) is 0 Å². The standard InChI is InChI=1S/C13H11Cl2NO2S/c14-10-5-6-13(12(16)7-10)19(17,18)8-9-3-1-2-4-11(9)15/h1-7H,8,16H2. The molecule has 0 atom stereocenters. The van der Waals surface area contributed by atoms with Crippen molar-refractivity contribution in [2.45, 2.75) is 10.6 Å². The molecular formula is C13H11Cl2NO2S. The van der Waals surface area contributed by atoms with E-state index in [0.717, 1.165) is 0 Å². The van der Waals surface area contributed by atoms with Crippen molar-refractivity contribution in [3.05, 3.63) is 58.1 Å². The highest BCUT2D eigenvalue weighted by molar-refractivity contribution is 7.90. The largest absolute Gasteiger partial charge is 0.398 e. The Kier molecular flexibility index (Phi) is 4.04. The maximum Gasteiger partial charge on any atom is 0.184 e. The predicted octanol–water partition coefficient (Wildman–Crippen LogP) is 3.55. The topological polar surface area (TPSA) is 60.2 Å². The number of nitrogen functional groups attached to an aromatic ring is 1. The van der Waals surface area contributed by atoms with E-state index in [1.807, 2.05) is 0 Å². The molecule has 2 rings (SSSR count). The number of benzene rings is 2. The van der Waals surface area contributed by atoms with Gasteiger partial charge in [-0.1, -0.05) is 41.4 Å². The highest BCUT2D eigenvalue weighted by atomic mass is 35.5. The van der Waals surface area contributed by atoms with Crippen LogP contribution in [-0.4, -0.2) is 8.42 Å². The molecule has 0 amide bonds. The number of nitrogens with two attached hydrogens (primary N) is 1. The van der Waals surface area contributed by atoms with Gasteiger partial charge < -0.3 is 5.73 Å². The molecule has 0 bridgehead atoms. The lowest BCUT2D eigenvalue weighted by Crippen LogP contribution is -2.08. The molecule has 6 heteroatoms. The first-order valence-corrected chi connectivity index (χ1v) is 7.82. The molecule has 0 heterocycles. The average Bonchev–Trinajstić information content (AvgIpc) is 2.31. The van der Waals surface area contributed by atoms with Crippen molar-refractivity contribution in [2.24, 2.45) is 0 Å². The Balaban J connectivity index is 2.41. The third-order valence-corrected chi connectivity index (χ3v) is 4.95. The molecule has 0 aliphatic carbocycles. The predicted molar refractivity (Wildman–Crippen MR) is 78.2 cm³/mol. The van der Waals surface area contributed by atoms with Gasteiger partial charge in [-0.15, -0.1) is 0 Å². The number of halogens is 2. The van der Waals surface area contributed by atoms with Crippen molar-refractivity contribution in [1.82, 2.24) is 0 Å². The van der Waals surface area contributed by atoms with Crippen LogP contribution in [0.4, 0.5) is 5.69 Å². The molecule has 0 aliphatic rings. The normalized spacial score (nSPS) is 11.5. The molecule has 3 nitrogen and oxygen atoms in total. The SMILES string of the molecule is Nc1cc(Cl)ccc1S(=O)(=O)Cc1ccccc1Cl. The Morgan fingerprint density at radius 3 is 2.37 bits per heavy atom. The second kappa shape index (κ2) is 5.41. The van der Waals surface area contributed by atoms with Crippen LogP contribution in [0.1, 0.15) is 5.56 Å². The molecule has 0 saturated carbocycles. The molecule has 2 N–H and O–H groups in total. The molecule has 19 heavy (non-hydrogen) atoms. The van der Waals surface area contributed by atoms with Crippen LogP contribution < -0.4 is 5.73 Å². The minimum atomic E-state index is -3.55. The summed E-state index contributed by atoms with van der Waals surface area (Å²) in [5.41, 5.74) is 6.38. The van der Waals surface area contributed by atoms with Crippen LogP contribution in [0.2, 0.25) is 10.0 Å². The van der Waals surface area contributed by atoms with Crippen LogP contribution in [0.25, 0.3) is 0 Å². The van der Waals surface area contributed by atoms with Gasteiger partial charge in [0.15, 0.2) is 9.84 Å². The van der Waals surface area contributed by atoms with Gasteiger partial charge in [-0.2, -0.15) is 0 Å². The Morgan fingerprint density at radius 1 is 1.05 bits per heavy atom. The molecule has 0 spiro atoms. The van der Waals surface area contributed by atoms with E-state index in [1.165, 1.54) is 18.2 Å². The molecule has 0 aliphatic heterocycles. The van der Waals surface area contributed by atoms with E-state index in [4.69, 9.17) is 28.9 Å².